The van der Waals surface area contributed by atoms with E-state index in [1.165, 1.54) is 6.42 Å². The molecule has 4 aliphatic heterocycles. The van der Waals surface area contributed by atoms with Gasteiger partial charge in [-0.3, -0.25) is 4.79 Å². The molecule has 32 heavy (non-hydrogen) atoms. The van der Waals surface area contributed by atoms with Crippen LogP contribution in [0.25, 0.3) is 0 Å². The van der Waals surface area contributed by atoms with Gasteiger partial charge in [0, 0.05) is 29.3 Å². The second-order valence-electron chi connectivity index (χ2n) is 10.3. The third kappa shape index (κ3) is 3.80. The summed E-state index contributed by atoms with van der Waals surface area (Å²) in [6.07, 6.45) is 6.74. The molecule has 6 rings (SSSR count). The van der Waals surface area contributed by atoms with Gasteiger partial charge in [0.2, 0.25) is 11.7 Å². The molecule has 0 radical (unpaired) electrons. The lowest BCUT2D eigenvalue weighted by atomic mass is 9.57. The summed E-state index contributed by atoms with van der Waals surface area (Å²) in [7, 11) is 0. The lowest BCUT2D eigenvalue weighted by molar-refractivity contribution is -0.571. The number of rotatable bonds is 5. The number of anilines is 1. The number of nitrogens with one attached hydrogen (secondary N) is 1. The van der Waals surface area contributed by atoms with Crippen LogP contribution in [0.2, 0.25) is 0 Å². The summed E-state index contributed by atoms with van der Waals surface area (Å²) >= 11 is 1.66. The fourth-order valence-corrected chi connectivity index (χ4v) is 6.97. The third-order valence-electron chi connectivity index (χ3n) is 8.30. The zero-order chi connectivity index (χ0) is 22.5. The molecule has 1 aromatic rings. The molecule has 2 bridgehead atoms. The molecule has 4 heterocycles. The van der Waals surface area contributed by atoms with Crippen LogP contribution in [0.3, 0.4) is 0 Å². The quantitative estimate of drug-likeness (QED) is 0.469. The molecular formula is C25H35NO5S. The van der Waals surface area contributed by atoms with Crippen molar-refractivity contribution in [2.24, 2.45) is 23.7 Å². The molecule has 6 nitrogen and oxygen atoms in total. The van der Waals surface area contributed by atoms with Crippen LogP contribution in [0.4, 0.5) is 5.69 Å². The van der Waals surface area contributed by atoms with Gasteiger partial charge in [-0.1, -0.05) is 19.9 Å². The zero-order valence-electron chi connectivity index (χ0n) is 19.5. The van der Waals surface area contributed by atoms with E-state index in [1.54, 1.807) is 11.8 Å². The van der Waals surface area contributed by atoms with Crippen LogP contribution >= 0.6 is 11.8 Å². The first-order chi connectivity index (χ1) is 15.3. The van der Waals surface area contributed by atoms with Gasteiger partial charge in [-0.15, -0.1) is 11.8 Å². The summed E-state index contributed by atoms with van der Waals surface area (Å²) in [6.45, 7) is 6.52. The summed E-state index contributed by atoms with van der Waals surface area (Å²) in [5.74, 6) is 0.745. The molecule has 4 saturated heterocycles. The highest BCUT2D eigenvalue weighted by molar-refractivity contribution is 7.98. The molecule has 7 heteroatoms. The lowest BCUT2D eigenvalue weighted by Crippen LogP contribution is -2.70. The first kappa shape index (κ1) is 22.7. The lowest BCUT2D eigenvalue weighted by Gasteiger charge is -2.60. The first-order valence-corrected chi connectivity index (χ1v) is 13.2. The molecule has 0 aromatic heterocycles. The fourth-order valence-electron chi connectivity index (χ4n) is 6.51. The second-order valence-corrected chi connectivity index (χ2v) is 11.1. The van der Waals surface area contributed by atoms with Crippen molar-refractivity contribution < 1.29 is 24.0 Å². The smallest absolute Gasteiger partial charge is 0.224 e. The molecule has 5 fully saturated rings. The monoisotopic (exact) mass is 461 g/mol. The van der Waals surface area contributed by atoms with Crippen LogP contribution in [0.15, 0.2) is 29.2 Å². The molecule has 1 amide bonds. The van der Waals surface area contributed by atoms with E-state index in [0.717, 1.165) is 29.8 Å². The number of amides is 1. The van der Waals surface area contributed by atoms with Crippen LogP contribution in [0, 0.1) is 23.7 Å². The van der Waals surface area contributed by atoms with E-state index in [0.29, 0.717) is 30.6 Å². The maximum atomic E-state index is 12.7. The van der Waals surface area contributed by atoms with Gasteiger partial charge >= 0.3 is 0 Å². The Morgan fingerprint density at radius 2 is 2.03 bits per heavy atom. The van der Waals surface area contributed by atoms with Gasteiger partial charge in [0.1, 0.15) is 0 Å². The Bertz CT molecular complexity index is 866. The van der Waals surface area contributed by atoms with E-state index in [1.807, 2.05) is 37.4 Å². The Morgan fingerprint density at radius 1 is 1.19 bits per heavy atom. The molecule has 1 N–H and O–H groups in total. The molecule has 8 atom stereocenters. The highest BCUT2D eigenvalue weighted by Gasteiger charge is 2.69. The van der Waals surface area contributed by atoms with Crippen molar-refractivity contribution >= 4 is 23.4 Å². The van der Waals surface area contributed by atoms with Crippen molar-refractivity contribution in [1.29, 1.82) is 0 Å². The normalized spacial score (nSPS) is 42.8. The van der Waals surface area contributed by atoms with Gasteiger partial charge in [0.25, 0.3) is 0 Å². The van der Waals surface area contributed by atoms with Crippen molar-refractivity contribution in [3.05, 3.63) is 24.3 Å². The molecule has 1 aromatic carbocycles. The Balaban J connectivity index is 1.29. The standard InChI is InChI=1S/C25H35NO5S/c1-15-8-9-20-16(2)21(10-11-22(27)26-17-6-5-7-18(14-17)32-4)28-23-25(20)19(15)12-13-24(3,29-23)30-31-25/h5-7,14-16,19-21,23H,8-13H2,1-4H3,(H,26,27). The highest BCUT2D eigenvalue weighted by atomic mass is 32.2. The van der Waals surface area contributed by atoms with Gasteiger partial charge < -0.3 is 14.8 Å². The molecule has 176 valence electrons. The SMILES string of the molecule is CSc1cccc(NC(=O)CCC2OC3OC4(C)CCC5C(C)CCC(C2C)C35OO4)c1. The van der Waals surface area contributed by atoms with Crippen molar-refractivity contribution in [1.82, 2.24) is 0 Å². The zero-order valence-corrected chi connectivity index (χ0v) is 20.3. The minimum absolute atomic E-state index is 0.0179. The number of carbonyl (C=O) groups excluding carboxylic acids is 1. The van der Waals surface area contributed by atoms with Crippen LogP contribution in [0.1, 0.15) is 59.3 Å². The van der Waals surface area contributed by atoms with Gasteiger partial charge in [0.15, 0.2) is 11.9 Å². The predicted octanol–water partition coefficient (Wildman–Crippen LogP) is 5.38. The van der Waals surface area contributed by atoms with Gasteiger partial charge in [-0.05, 0) is 74.8 Å². The first-order valence-electron chi connectivity index (χ1n) is 12.0. The van der Waals surface area contributed by atoms with Crippen molar-refractivity contribution in [3.63, 3.8) is 0 Å². The summed E-state index contributed by atoms with van der Waals surface area (Å²) < 4.78 is 13.0. The van der Waals surface area contributed by atoms with Crippen LogP contribution in [0.5, 0.6) is 0 Å². The number of ether oxygens (including phenoxy) is 2. The highest BCUT2D eigenvalue weighted by Crippen LogP contribution is 2.60. The number of thioether (sulfide) groups is 1. The molecule has 8 unspecified atom stereocenters. The molecule has 5 aliphatic rings. The summed E-state index contributed by atoms with van der Waals surface area (Å²) in [5.41, 5.74) is 0.301. The van der Waals surface area contributed by atoms with Gasteiger partial charge in [-0.25, -0.2) is 9.78 Å². The van der Waals surface area contributed by atoms with E-state index in [9.17, 15) is 4.79 Å². The summed E-state index contributed by atoms with van der Waals surface area (Å²) in [5, 5.41) is 3.03. The maximum absolute atomic E-state index is 12.7. The maximum Gasteiger partial charge on any atom is 0.224 e. The number of carbonyl (C=O) groups is 1. The topological polar surface area (TPSA) is 66.0 Å². The van der Waals surface area contributed by atoms with E-state index in [4.69, 9.17) is 19.2 Å². The molecule has 1 spiro atoms. The number of benzene rings is 1. The second kappa shape index (κ2) is 8.58. The van der Waals surface area contributed by atoms with E-state index < -0.39 is 17.7 Å². The average molecular weight is 462 g/mol. The molecule has 1 saturated carbocycles. The van der Waals surface area contributed by atoms with Gasteiger partial charge in [0.05, 0.1) is 6.10 Å². The predicted molar refractivity (Wildman–Crippen MR) is 123 cm³/mol. The van der Waals surface area contributed by atoms with Gasteiger partial charge in [-0.2, -0.15) is 0 Å². The Hall–Kier alpha value is -1.12. The van der Waals surface area contributed by atoms with Crippen molar-refractivity contribution in [3.8, 4) is 0 Å². The van der Waals surface area contributed by atoms with Crippen molar-refractivity contribution in [2.45, 2.75) is 88.0 Å². The number of hydrogen-bond donors (Lipinski definition) is 1. The number of hydrogen-bond acceptors (Lipinski definition) is 6. The summed E-state index contributed by atoms with van der Waals surface area (Å²) in [6, 6.07) is 7.94. The Morgan fingerprint density at radius 3 is 2.84 bits per heavy atom. The van der Waals surface area contributed by atoms with E-state index >= 15 is 0 Å². The van der Waals surface area contributed by atoms with Crippen molar-refractivity contribution in [2.75, 3.05) is 11.6 Å². The van der Waals surface area contributed by atoms with Crippen LogP contribution < -0.4 is 5.32 Å². The van der Waals surface area contributed by atoms with Crippen LogP contribution in [-0.4, -0.2) is 35.9 Å². The third-order valence-corrected chi connectivity index (χ3v) is 9.03. The Kier molecular flexibility index (Phi) is 6.08. The summed E-state index contributed by atoms with van der Waals surface area (Å²) in [4.78, 5) is 25.9. The van der Waals surface area contributed by atoms with Crippen LogP contribution in [-0.2, 0) is 24.0 Å². The largest absolute Gasteiger partial charge is 0.346 e. The minimum atomic E-state index is -0.762. The fraction of sp³-hybridized carbons (Fsp3) is 0.720. The minimum Gasteiger partial charge on any atom is -0.346 e. The molecule has 1 aliphatic carbocycles. The average Bonchev–Trinajstić information content (AvgIpc) is 3.01. The van der Waals surface area contributed by atoms with E-state index in [-0.39, 0.29) is 17.9 Å². The van der Waals surface area contributed by atoms with E-state index in [2.05, 4.69) is 19.2 Å². The number of fused-ring (bicyclic) bond motifs is 2. The Labute approximate surface area is 195 Å². The molecular weight excluding hydrogens is 426 g/mol.